The van der Waals surface area contributed by atoms with Crippen molar-refractivity contribution < 1.29 is 18.7 Å². The molecule has 1 N–H and O–H groups in total. The summed E-state index contributed by atoms with van der Waals surface area (Å²) in [5.74, 6) is -0.559. The molecule has 1 aromatic carbocycles. The van der Waals surface area contributed by atoms with Gasteiger partial charge >= 0.3 is 0 Å². The fraction of sp³-hybridized carbons (Fsp3) is 0.400. The Morgan fingerprint density at radius 2 is 2.28 bits per heavy atom. The maximum Gasteiger partial charge on any atom is 0.272 e. The second-order valence-corrected chi connectivity index (χ2v) is 5.27. The molecule has 1 saturated heterocycles. The van der Waals surface area contributed by atoms with Gasteiger partial charge in [0.15, 0.2) is 0 Å². The van der Waals surface area contributed by atoms with Gasteiger partial charge in [-0.25, -0.2) is 9.60 Å². The number of hydrogen-bond donors (Lipinski definition) is 1. The quantitative estimate of drug-likeness (QED) is 0.294. The van der Waals surface area contributed by atoms with Gasteiger partial charge < -0.3 is 5.21 Å². The van der Waals surface area contributed by atoms with E-state index in [1.807, 2.05) is 0 Å². The number of non-ortho nitro benzene ring substituents is 1. The molecule has 2 rings (SSSR count). The largest absolute Gasteiger partial charge is 0.586 e. The summed E-state index contributed by atoms with van der Waals surface area (Å²) in [7, 11) is 0. The predicted molar refractivity (Wildman–Crippen MR) is 63.2 cm³/mol. The molecule has 0 radical (unpaired) electrons. The minimum Gasteiger partial charge on any atom is -0.586 e. The van der Waals surface area contributed by atoms with E-state index in [4.69, 9.17) is 0 Å². The highest BCUT2D eigenvalue weighted by molar-refractivity contribution is 7.93. The number of nitro groups is 1. The van der Waals surface area contributed by atoms with Crippen molar-refractivity contribution >= 4 is 17.6 Å². The molecule has 0 amide bonds. The van der Waals surface area contributed by atoms with Crippen LogP contribution in [-0.2, 0) is 0 Å². The minimum absolute atomic E-state index is 0.0221. The molecule has 0 bridgehead atoms. The number of nitrogens with zero attached hydrogens (tertiary/aromatic N) is 2. The third kappa shape index (κ3) is 2.78. The Morgan fingerprint density at radius 3 is 2.78 bits per heavy atom. The molecule has 6 nitrogen and oxygen atoms in total. The van der Waals surface area contributed by atoms with Gasteiger partial charge in [-0.1, -0.05) is 0 Å². The highest BCUT2D eigenvalue weighted by Crippen LogP contribution is 2.36. The standard InChI is InChI=1S/C10H11FN2O4S/c11-10-5-8(12(14)15)1-2-9(10)7-3-4-13(16,17)18-6-7/h1-2,5,7,16H,3-4,6H2. The van der Waals surface area contributed by atoms with Gasteiger partial charge in [-0.3, -0.25) is 10.1 Å². The van der Waals surface area contributed by atoms with E-state index in [9.17, 15) is 24.9 Å². The average molecular weight is 274 g/mol. The molecule has 1 aliphatic rings. The van der Waals surface area contributed by atoms with E-state index in [0.29, 0.717) is 12.0 Å². The highest BCUT2D eigenvalue weighted by Gasteiger charge is 2.30. The number of benzene rings is 1. The van der Waals surface area contributed by atoms with E-state index in [0.717, 1.165) is 18.0 Å². The smallest absolute Gasteiger partial charge is 0.272 e. The lowest BCUT2D eigenvalue weighted by molar-refractivity contribution is -0.952. The van der Waals surface area contributed by atoms with Crippen LogP contribution in [0.5, 0.6) is 0 Å². The summed E-state index contributed by atoms with van der Waals surface area (Å²) in [6.45, 7) is -0.0221. The monoisotopic (exact) mass is 274 g/mol. The molecular formula is C10H11FN2O4S. The van der Waals surface area contributed by atoms with Crippen molar-refractivity contribution in [3.8, 4) is 0 Å². The molecule has 2 atom stereocenters. The fourth-order valence-corrected chi connectivity index (χ4v) is 2.87. The molecule has 0 saturated carbocycles. The summed E-state index contributed by atoms with van der Waals surface area (Å²) < 4.78 is 12.4. The molecule has 1 aromatic rings. The zero-order valence-corrected chi connectivity index (χ0v) is 10.1. The molecule has 8 heteroatoms. The van der Waals surface area contributed by atoms with Crippen LogP contribution in [0.25, 0.3) is 0 Å². The second-order valence-electron chi connectivity index (χ2n) is 4.11. The normalized spacial score (nSPS) is 28.1. The van der Waals surface area contributed by atoms with Crippen LogP contribution < -0.4 is 0 Å². The SMILES string of the molecule is O=[N+]([O-])c1ccc(C2CC[N+]([O-])(O)SC2)c(F)c1. The Kier molecular flexibility index (Phi) is 3.53. The molecule has 1 heterocycles. The van der Waals surface area contributed by atoms with Gasteiger partial charge in [-0.2, -0.15) is 4.21 Å². The number of quaternary nitrogens is 1. The van der Waals surface area contributed by atoms with Gasteiger partial charge in [0.2, 0.25) is 0 Å². The highest BCUT2D eigenvalue weighted by atomic mass is 32.2. The molecule has 18 heavy (non-hydrogen) atoms. The van der Waals surface area contributed by atoms with Crippen molar-refractivity contribution in [1.82, 2.24) is 0 Å². The zero-order chi connectivity index (χ0) is 13.3. The topological polar surface area (TPSA) is 86.4 Å². The van der Waals surface area contributed by atoms with E-state index in [1.54, 1.807) is 0 Å². The second kappa shape index (κ2) is 4.81. The Labute approximate surface area is 106 Å². The van der Waals surface area contributed by atoms with Gasteiger partial charge in [-0.15, -0.1) is 0 Å². The van der Waals surface area contributed by atoms with Gasteiger partial charge in [0, 0.05) is 18.4 Å². The van der Waals surface area contributed by atoms with E-state index in [2.05, 4.69) is 0 Å². The van der Waals surface area contributed by atoms with Crippen LogP contribution in [0.2, 0.25) is 0 Å². The third-order valence-corrected chi connectivity index (χ3v) is 4.01. The lowest BCUT2D eigenvalue weighted by Crippen LogP contribution is -2.37. The van der Waals surface area contributed by atoms with E-state index in [-0.39, 0.29) is 23.9 Å². The first kappa shape index (κ1) is 13.2. The first-order valence-corrected chi connectivity index (χ1v) is 6.23. The molecule has 1 fully saturated rings. The van der Waals surface area contributed by atoms with E-state index < -0.39 is 15.0 Å². The summed E-state index contributed by atoms with van der Waals surface area (Å²) in [6.07, 6.45) is 0.349. The Hall–Kier alpha value is -1.22. The van der Waals surface area contributed by atoms with E-state index >= 15 is 0 Å². The number of hydrogen-bond acceptors (Lipinski definition) is 5. The molecule has 2 unspecified atom stereocenters. The fourth-order valence-electron chi connectivity index (χ4n) is 1.88. The van der Waals surface area contributed by atoms with Crippen LogP contribution in [0.4, 0.5) is 10.1 Å². The van der Waals surface area contributed by atoms with Gasteiger partial charge in [0.05, 0.1) is 16.7 Å². The van der Waals surface area contributed by atoms with Gasteiger partial charge in [-0.05, 0) is 11.6 Å². The first-order chi connectivity index (χ1) is 8.39. The third-order valence-electron chi connectivity index (χ3n) is 2.87. The predicted octanol–water partition coefficient (Wildman–Crippen LogP) is 2.57. The Morgan fingerprint density at radius 1 is 1.56 bits per heavy atom. The zero-order valence-electron chi connectivity index (χ0n) is 9.28. The maximum atomic E-state index is 13.7. The van der Waals surface area contributed by atoms with Crippen LogP contribution in [0.15, 0.2) is 18.2 Å². The van der Waals surface area contributed by atoms with Crippen molar-refractivity contribution in [1.29, 1.82) is 0 Å². The molecule has 0 spiro atoms. The minimum atomic E-state index is -1.37. The summed E-state index contributed by atoms with van der Waals surface area (Å²) >= 11 is 0.779. The Balaban J connectivity index is 2.17. The van der Waals surface area contributed by atoms with Gasteiger partial charge in [0.25, 0.3) is 5.69 Å². The van der Waals surface area contributed by atoms with Crippen molar-refractivity contribution in [3.63, 3.8) is 0 Å². The van der Waals surface area contributed by atoms with Crippen LogP contribution in [-0.4, -0.2) is 26.6 Å². The maximum absolute atomic E-state index is 13.7. The molecule has 98 valence electrons. The summed E-state index contributed by atoms with van der Waals surface area (Å²) in [4.78, 5) is 9.83. The van der Waals surface area contributed by atoms with Crippen LogP contribution in [0.3, 0.4) is 0 Å². The molecule has 0 aliphatic carbocycles. The van der Waals surface area contributed by atoms with Crippen LogP contribution >= 0.6 is 11.9 Å². The number of hydroxylamine groups is 2. The number of halogens is 1. The first-order valence-electron chi connectivity index (χ1n) is 5.29. The van der Waals surface area contributed by atoms with Crippen molar-refractivity contribution in [3.05, 3.63) is 44.9 Å². The van der Waals surface area contributed by atoms with Crippen LogP contribution in [0, 0.1) is 21.1 Å². The lowest BCUT2D eigenvalue weighted by Gasteiger charge is -2.36. The number of rotatable bonds is 2. The van der Waals surface area contributed by atoms with Crippen LogP contribution in [0.1, 0.15) is 17.9 Å². The molecular weight excluding hydrogens is 263 g/mol. The van der Waals surface area contributed by atoms with Gasteiger partial charge in [0.1, 0.15) is 24.3 Å². The lowest BCUT2D eigenvalue weighted by atomic mass is 9.96. The molecule has 0 aromatic heterocycles. The average Bonchev–Trinajstić information content (AvgIpc) is 2.29. The summed E-state index contributed by atoms with van der Waals surface area (Å²) in [5, 5.41) is 30.9. The van der Waals surface area contributed by atoms with Crippen molar-refractivity contribution in [2.24, 2.45) is 0 Å². The van der Waals surface area contributed by atoms with Crippen molar-refractivity contribution in [2.75, 3.05) is 12.3 Å². The Bertz CT molecular complexity index is 473. The summed E-state index contributed by atoms with van der Waals surface area (Å²) in [5.41, 5.74) is 0.0589. The summed E-state index contributed by atoms with van der Waals surface area (Å²) in [6, 6.07) is 3.50. The van der Waals surface area contributed by atoms with E-state index in [1.165, 1.54) is 12.1 Å². The van der Waals surface area contributed by atoms with Crippen molar-refractivity contribution in [2.45, 2.75) is 12.3 Å². The number of nitro benzene ring substituents is 1. The molecule has 1 aliphatic heterocycles.